The molecule has 0 saturated carbocycles. The van der Waals surface area contributed by atoms with Crippen LogP contribution in [0.3, 0.4) is 0 Å². The number of hydrogen-bond acceptors (Lipinski definition) is 4. The quantitative estimate of drug-likeness (QED) is 0.755. The lowest BCUT2D eigenvalue weighted by atomic mass is 9.82. The van der Waals surface area contributed by atoms with Gasteiger partial charge in [-0.2, -0.15) is 5.26 Å². The van der Waals surface area contributed by atoms with Crippen LogP contribution in [-0.2, 0) is 0 Å². The van der Waals surface area contributed by atoms with Gasteiger partial charge in [0.1, 0.15) is 11.5 Å². The van der Waals surface area contributed by atoms with E-state index in [1.54, 1.807) is 4.90 Å². The molecular formula is C14H16N2O3. The van der Waals surface area contributed by atoms with Crippen LogP contribution in [0, 0.1) is 16.7 Å². The molecule has 1 aromatic carbocycles. The Morgan fingerprint density at radius 1 is 1.37 bits per heavy atom. The third kappa shape index (κ3) is 2.63. The Balaban J connectivity index is 2.14. The smallest absolute Gasteiger partial charge is 0.257 e. The molecule has 2 N–H and O–H groups in total. The SMILES string of the molecule is CC1(C#N)CCN(C(=O)c2cc(O)ccc2O)CC1. The van der Waals surface area contributed by atoms with E-state index in [9.17, 15) is 15.0 Å². The molecule has 1 aliphatic heterocycles. The maximum atomic E-state index is 12.2. The Bertz CT molecular complexity index is 540. The molecule has 1 aromatic rings. The molecule has 0 bridgehead atoms. The molecule has 1 fully saturated rings. The maximum Gasteiger partial charge on any atom is 0.257 e. The number of carbonyl (C=O) groups excluding carboxylic acids is 1. The molecular weight excluding hydrogens is 244 g/mol. The number of carbonyl (C=O) groups is 1. The van der Waals surface area contributed by atoms with Gasteiger partial charge in [0.05, 0.1) is 17.0 Å². The van der Waals surface area contributed by atoms with Gasteiger partial charge in [0.15, 0.2) is 0 Å². The zero-order valence-electron chi connectivity index (χ0n) is 10.8. The van der Waals surface area contributed by atoms with E-state index < -0.39 is 0 Å². The van der Waals surface area contributed by atoms with Crippen molar-refractivity contribution >= 4 is 5.91 Å². The first-order valence-corrected chi connectivity index (χ1v) is 6.18. The van der Waals surface area contributed by atoms with Crippen molar-refractivity contribution < 1.29 is 15.0 Å². The standard InChI is InChI=1S/C14H16N2O3/c1-14(9-15)4-6-16(7-5-14)13(19)11-8-10(17)2-3-12(11)18/h2-3,8,17-18H,4-7H2,1H3. The number of phenols is 2. The van der Waals surface area contributed by atoms with Gasteiger partial charge < -0.3 is 15.1 Å². The van der Waals surface area contributed by atoms with E-state index in [0.29, 0.717) is 25.9 Å². The highest BCUT2D eigenvalue weighted by atomic mass is 16.3. The number of nitrogens with zero attached hydrogens (tertiary/aromatic N) is 2. The van der Waals surface area contributed by atoms with E-state index in [-0.39, 0.29) is 28.4 Å². The minimum atomic E-state index is -0.377. The van der Waals surface area contributed by atoms with Gasteiger partial charge >= 0.3 is 0 Å². The second-order valence-electron chi connectivity index (χ2n) is 5.17. The van der Waals surface area contributed by atoms with Gasteiger partial charge in [0.25, 0.3) is 5.91 Å². The Hall–Kier alpha value is -2.22. The molecule has 5 nitrogen and oxygen atoms in total. The third-order valence-electron chi connectivity index (χ3n) is 3.63. The first-order valence-electron chi connectivity index (χ1n) is 6.18. The number of hydrogen-bond donors (Lipinski definition) is 2. The zero-order valence-corrected chi connectivity index (χ0v) is 10.8. The lowest BCUT2D eigenvalue weighted by Crippen LogP contribution is -2.41. The summed E-state index contributed by atoms with van der Waals surface area (Å²) in [6.45, 7) is 2.86. The second kappa shape index (κ2) is 4.81. The summed E-state index contributed by atoms with van der Waals surface area (Å²) >= 11 is 0. The van der Waals surface area contributed by atoms with Crippen molar-refractivity contribution in [3.05, 3.63) is 23.8 Å². The van der Waals surface area contributed by atoms with Gasteiger partial charge in [-0.1, -0.05) is 0 Å². The molecule has 19 heavy (non-hydrogen) atoms. The van der Waals surface area contributed by atoms with Gasteiger partial charge in [-0.15, -0.1) is 0 Å². The lowest BCUT2D eigenvalue weighted by Gasteiger charge is -2.35. The Morgan fingerprint density at radius 2 is 2.00 bits per heavy atom. The average Bonchev–Trinajstić information content (AvgIpc) is 2.42. The minimum absolute atomic E-state index is 0.0555. The third-order valence-corrected chi connectivity index (χ3v) is 3.63. The van der Waals surface area contributed by atoms with Crippen molar-refractivity contribution in [2.24, 2.45) is 5.41 Å². The lowest BCUT2D eigenvalue weighted by molar-refractivity contribution is 0.0658. The molecule has 2 rings (SSSR count). The molecule has 1 heterocycles. The van der Waals surface area contributed by atoms with Crippen LogP contribution in [0.25, 0.3) is 0 Å². The molecule has 1 saturated heterocycles. The number of likely N-dealkylation sites (tertiary alicyclic amines) is 1. The molecule has 0 atom stereocenters. The number of piperidine rings is 1. The van der Waals surface area contributed by atoms with E-state index in [4.69, 9.17) is 5.26 Å². The van der Waals surface area contributed by atoms with E-state index >= 15 is 0 Å². The highest BCUT2D eigenvalue weighted by Crippen LogP contribution is 2.31. The van der Waals surface area contributed by atoms with Crippen molar-refractivity contribution in [2.45, 2.75) is 19.8 Å². The Morgan fingerprint density at radius 3 is 2.58 bits per heavy atom. The van der Waals surface area contributed by atoms with E-state index in [1.807, 2.05) is 6.92 Å². The fourth-order valence-electron chi connectivity index (χ4n) is 2.18. The van der Waals surface area contributed by atoms with E-state index in [2.05, 4.69) is 6.07 Å². The number of aromatic hydroxyl groups is 2. The van der Waals surface area contributed by atoms with Crippen LogP contribution in [0.1, 0.15) is 30.1 Å². The molecule has 0 spiro atoms. The van der Waals surface area contributed by atoms with Crippen molar-refractivity contribution in [2.75, 3.05) is 13.1 Å². The number of rotatable bonds is 1. The highest BCUT2D eigenvalue weighted by molar-refractivity contribution is 5.97. The summed E-state index contributed by atoms with van der Waals surface area (Å²) in [6, 6.07) is 6.16. The molecule has 5 heteroatoms. The monoisotopic (exact) mass is 260 g/mol. The van der Waals surface area contributed by atoms with Gasteiger partial charge in [-0.3, -0.25) is 4.79 Å². The van der Waals surface area contributed by atoms with E-state index in [1.165, 1.54) is 18.2 Å². The van der Waals surface area contributed by atoms with Crippen molar-refractivity contribution in [3.63, 3.8) is 0 Å². The van der Waals surface area contributed by atoms with Gasteiger partial charge in [-0.05, 0) is 38.0 Å². The molecule has 0 radical (unpaired) electrons. The van der Waals surface area contributed by atoms with E-state index in [0.717, 1.165) is 0 Å². The number of amides is 1. The summed E-state index contributed by atoms with van der Waals surface area (Å²) in [6.07, 6.45) is 1.24. The zero-order chi connectivity index (χ0) is 14.0. The summed E-state index contributed by atoms with van der Waals surface area (Å²) in [5.74, 6) is -0.509. The first kappa shape index (κ1) is 13.2. The van der Waals surface area contributed by atoms with Crippen molar-refractivity contribution in [3.8, 4) is 17.6 Å². The summed E-state index contributed by atoms with van der Waals surface area (Å²) in [4.78, 5) is 13.8. The fraction of sp³-hybridized carbons (Fsp3) is 0.429. The van der Waals surface area contributed by atoms with Crippen LogP contribution in [-0.4, -0.2) is 34.1 Å². The predicted octanol–water partition coefficient (Wildman–Crippen LogP) is 1.86. The van der Waals surface area contributed by atoms with Crippen LogP contribution < -0.4 is 0 Å². The Kier molecular flexibility index (Phi) is 3.34. The Labute approximate surface area is 111 Å². The van der Waals surface area contributed by atoms with Crippen LogP contribution in [0.15, 0.2) is 18.2 Å². The average molecular weight is 260 g/mol. The van der Waals surface area contributed by atoms with Crippen molar-refractivity contribution in [1.82, 2.24) is 4.90 Å². The van der Waals surface area contributed by atoms with Gasteiger partial charge in [0.2, 0.25) is 0 Å². The summed E-state index contributed by atoms with van der Waals surface area (Å²) < 4.78 is 0. The summed E-state index contributed by atoms with van der Waals surface area (Å²) in [5.41, 5.74) is -0.280. The van der Waals surface area contributed by atoms with Crippen LogP contribution in [0.2, 0.25) is 0 Å². The van der Waals surface area contributed by atoms with Crippen LogP contribution >= 0.6 is 0 Å². The molecule has 0 unspecified atom stereocenters. The topological polar surface area (TPSA) is 84.6 Å². The number of phenolic OH excluding ortho intramolecular Hbond substituents is 2. The summed E-state index contributed by atoms with van der Waals surface area (Å²) in [5, 5.41) is 28.1. The molecule has 0 aliphatic carbocycles. The summed E-state index contributed by atoms with van der Waals surface area (Å²) in [7, 11) is 0. The van der Waals surface area contributed by atoms with Gasteiger partial charge in [-0.25, -0.2) is 0 Å². The molecule has 1 aliphatic rings. The first-order chi connectivity index (χ1) is 8.95. The maximum absolute atomic E-state index is 12.2. The number of nitriles is 1. The normalized spacial score (nSPS) is 17.8. The minimum Gasteiger partial charge on any atom is -0.508 e. The molecule has 100 valence electrons. The van der Waals surface area contributed by atoms with Crippen LogP contribution in [0.5, 0.6) is 11.5 Å². The fourth-order valence-corrected chi connectivity index (χ4v) is 2.18. The largest absolute Gasteiger partial charge is 0.508 e. The van der Waals surface area contributed by atoms with Gasteiger partial charge in [0, 0.05) is 13.1 Å². The predicted molar refractivity (Wildman–Crippen MR) is 68.6 cm³/mol. The highest BCUT2D eigenvalue weighted by Gasteiger charge is 2.32. The number of benzene rings is 1. The second-order valence-corrected chi connectivity index (χ2v) is 5.17. The van der Waals surface area contributed by atoms with Crippen LogP contribution in [0.4, 0.5) is 0 Å². The van der Waals surface area contributed by atoms with Crippen molar-refractivity contribution in [1.29, 1.82) is 5.26 Å². The molecule has 0 aromatic heterocycles. The molecule has 1 amide bonds.